The number of amides is 1. The van der Waals surface area contributed by atoms with E-state index in [1.807, 2.05) is 17.0 Å². The van der Waals surface area contributed by atoms with Crippen LogP contribution in [0.25, 0.3) is 0 Å². The fraction of sp³-hybridized carbons (Fsp3) is 0.250. The smallest absolute Gasteiger partial charge is 0.254 e. The molecule has 1 fully saturated rings. The molecule has 1 aromatic heterocycles. The summed E-state index contributed by atoms with van der Waals surface area (Å²) in [6, 6.07) is 11.2. The Kier molecular flexibility index (Phi) is 3.70. The average molecular weight is 287 g/mol. The van der Waals surface area contributed by atoms with Gasteiger partial charge < -0.3 is 4.90 Å². The van der Waals surface area contributed by atoms with Crippen LogP contribution in [0.1, 0.15) is 34.8 Å². The van der Waals surface area contributed by atoms with Crippen molar-refractivity contribution in [3.63, 3.8) is 0 Å². The highest BCUT2D eigenvalue weighted by Gasteiger charge is 2.30. The summed E-state index contributed by atoms with van der Waals surface area (Å²) in [4.78, 5) is 18.6. The topological polar surface area (TPSA) is 33.2 Å². The Balaban J connectivity index is 1.85. The molecule has 1 aliphatic heterocycles. The van der Waals surface area contributed by atoms with Crippen LogP contribution in [-0.4, -0.2) is 22.3 Å². The number of carbonyl (C=O) groups is 1. The summed E-state index contributed by atoms with van der Waals surface area (Å²) < 4.78 is 0. The van der Waals surface area contributed by atoms with E-state index in [4.69, 9.17) is 11.6 Å². The second-order valence-corrected chi connectivity index (χ2v) is 5.38. The Morgan fingerprint density at radius 1 is 1.15 bits per heavy atom. The van der Waals surface area contributed by atoms with Crippen molar-refractivity contribution in [1.29, 1.82) is 0 Å². The van der Waals surface area contributed by atoms with Gasteiger partial charge in [-0.15, -0.1) is 0 Å². The third-order valence-corrected chi connectivity index (χ3v) is 3.95. The Labute approximate surface area is 123 Å². The van der Waals surface area contributed by atoms with Gasteiger partial charge in [0, 0.05) is 29.5 Å². The molecule has 3 nitrogen and oxygen atoms in total. The van der Waals surface area contributed by atoms with E-state index in [-0.39, 0.29) is 11.9 Å². The van der Waals surface area contributed by atoms with Crippen LogP contribution >= 0.6 is 11.6 Å². The van der Waals surface area contributed by atoms with Gasteiger partial charge in [-0.3, -0.25) is 9.78 Å². The number of likely N-dealkylation sites (tertiary alicyclic amines) is 1. The molecule has 2 heterocycles. The van der Waals surface area contributed by atoms with Crippen LogP contribution in [0.4, 0.5) is 0 Å². The first-order valence-electron chi connectivity index (χ1n) is 6.72. The number of benzene rings is 1. The van der Waals surface area contributed by atoms with Crippen molar-refractivity contribution in [2.24, 2.45) is 0 Å². The van der Waals surface area contributed by atoms with Gasteiger partial charge in [-0.1, -0.05) is 11.6 Å². The lowest BCUT2D eigenvalue weighted by atomic mass is 10.1. The quantitative estimate of drug-likeness (QED) is 0.843. The summed E-state index contributed by atoms with van der Waals surface area (Å²) in [5, 5.41) is 0.647. The van der Waals surface area contributed by atoms with Crippen LogP contribution in [-0.2, 0) is 0 Å². The molecule has 1 atom stereocenters. The van der Waals surface area contributed by atoms with Crippen molar-refractivity contribution in [2.75, 3.05) is 6.54 Å². The second kappa shape index (κ2) is 5.63. The molecule has 0 radical (unpaired) electrons. The Bertz CT molecular complexity index is 598. The molecule has 0 N–H and O–H groups in total. The molecule has 20 heavy (non-hydrogen) atoms. The van der Waals surface area contributed by atoms with Crippen molar-refractivity contribution in [3.8, 4) is 0 Å². The highest BCUT2D eigenvalue weighted by molar-refractivity contribution is 6.30. The highest BCUT2D eigenvalue weighted by atomic mass is 35.5. The number of aromatic nitrogens is 1. The molecule has 0 unspecified atom stereocenters. The van der Waals surface area contributed by atoms with Gasteiger partial charge in [0.25, 0.3) is 5.91 Å². The van der Waals surface area contributed by atoms with Gasteiger partial charge in [-0.05, 0) is 54.8 Å². The second-order valence-electron chi connectivity index (χ2n) is 4.94. The maximum atomic E-state index is 12.6. The van der Waals surface area contributed by atoms with E-state index in [1.54, 1.807) is 36.7 Å². The number of rotatable bonds is 2. The molecule has 1 aromatic carbocycles. The third kappa shape index (κ3) is 2.54. The standard InChI is InChI=1S/C16H15ClN2O/c17-14-5-3-13(4-6-14)16(20)19-11-1-2-15(19)12-7-9-18-10-8-12/h3-10,15H,1-2,11H2/t15-/m1/s1. The number of nitrogens with zero attached hydrogens (tertiary/aromatic N) is 2. The summed E-state index contributed by atoms with van der Waals surface area (Å²) in [7, 11) is 0. The van der Waals surface area contributed by atoms with Crippen molar-refractivity contribution < 1.29 is 4.79 Å². The third-order valence-electron chi connectivity index (χ3n) is 3.70. The number of halogens is 1. The minimum Gasteiger partial charge on any atom is -0.332 e. The highest BCUT2D eigenvalue weighted by Crippen LogP contribution is 2.32. The largest absolute Gasteiger partial charge is 0.332 e. The maximum absolute atomic E-state index is 12.6. The van der Waals surface area contributed by atoms with Crippen LogP contribution in [0.15, 0.2) is 48.8 Å². The molecule has 4 heteroatoms. The molecule has 102 valence electrons. The van der Waals surface area contributed by atoms with Crippen LogP contribution < -0.4 is 0 Å². The van der Waals surface area contributed by atoms with E-state index in [2.05, 4.69) is 4.98 Å². The molecule has 0 saturated carbocycles. The lowest BCUT2D eigenvalue weighted by Gasteiger charge is -2.25. The molecule has 0 bridgehead atoms. The minimum atomic E-state index is 0.0704. The van der Waals surface area contributed by atoms with Gasteiger partial charge >= 0.3 is 0 Å². The summed E-state index contributed by atoms with van der Waals surface area (Å²) in [5.74, 6) is 0.0704. The predicted octanol–water partition coefficient (Wildman–Crippen LogP) is 3.71. The van der Waals surface area contributed by atoms with E-state index in [9.17, 15) is 4.79 Å². The number of carbonyl (C=O) groups excluding carboxylic acids is 1. The summed E-state index contributed by atoms with van der Waals surface area (Å²) >= 11 is 5.87. The van der Waals surface area contributed by atoms with Gasteiger partial charge in [0.1, 0.15) is 0 Å². The van der Waals surface area contributed by atoms with E-state index in [0.717, 1.165) is 24.9 Å². The molecule has 1 saturated heterocycles. The van der Waals surface area contributed by atoms with E-state index in [0.29, 0.717) is 10.6 Å². The normalized spacial score (nSPS) is 18.2. The molecule has 2 aromatic rings. The summed E-state index contributed by atoms with van der Waals surface area (Å²) in [5.41, 5.74) is 1.84. The average Bonchev–Trinajstić information content (AvgIpc) is 2.97. The molecular weight excluding hydrogens is 272 g/mol. The van der Waals surface area contributed by atoms with E-state index < -0.39 is 0 Å². The first-order chi connectivity index (χ1) is 9.75. The molecule has 0 spiro atoms. The summed E-state index contributed by atoms with van der Waals surface area (Å²) in [6.07, 6.45) is 5.59. The van der Waals surface area contributed by atoms with Gasteiger partial charge in [0.05, 0.1) is 6.04 Å². The number of pyridine rings is 1. The lowest BCUT2D eigenvalue weighted by Crippen LogP contribution is -2.30. The predicted molar refractivity (Wildman–Crippen MR) is 78.7 cm³/mol. The van der Waals surface area contributed by atoms with Crippen molar-refractivity contribution in [3.05, 3.63) is 64.9 Å². The lowest BCUT2D eigenvalue weighted by molar-refractivity contribution is 0.0735. The molecule has 3 rings (SSSR count). The summed E-state index contributed by atoms with van der Waals surface area (Å²) in [6.45, 7) is 0.800. The molecule has 1 aliphatic rings. The first-order valence-corrected chi connectivity index (χ1v) is 7.10. The van der Waals surface area contributed by atoms with Crippen molar-refractivity contribution >= 4 is 17.5 Å². The fourth-order valence-electron chi connectivity index (χ4n) is 2.70. The van der Waals surface area contributed by atoms with Crippen molar-refractivity contribution in [1.82, 2.24) is 9.88 Å². The number of hydrogen-bond acceptors (Lipinski definition) is 2. The fourth-order valence-corrected chi connectivity index (χ4v) is 2.83. The monoisotopic (exact) mass is 286 g/mol. The zero-order valence-corrected chi connectivity index (χ0v) is 11.8. The Morgan fingerprint density at radius 3 is 2.55 bits per heavy atom. The SMILES string of the molecule is O=C(c1ccc(Cl)cc1)N1CCC[C@@H]1c1ccncc1. The minimum absolute atomic E-state index is 0.0704. The Hall–Kier alpha value is -1.87. The van der Waals surface area contributed by atoms with Crippen LogP contribution in [0, 0.1) is 0 Å². The van der Waals surface area contributed by atoms with Crippen LogP contribution in [0.5, 0.6) is 0 Å². The van der Waals surface area contributed by atoms with E-state index >= 15 is 0 Å². The van der Waals surface area contributed by atoms with Crippen molar-refractivity contribution in [2.45, 2.75) is 18.9 Å². The molecule has 0 aliphatic carbocycles. The first kappa shape index (κ1) is 13.1. The molecule has 1 amide bonds. The number of hydrogen-bond donors (Lipinski definition) is 0. The van der Waals surface area contributed by atoms with E-state index in [1.165, 1.54) is 0 Å². The van der Waals surface area contributed by atoms with Crippen LogP contribution in [0.2, 0.25) is 5.02 Å². The van der Waals surface area contributed by atoms with Gasteiger partial charge in [-0.25, -0.2) is 0 Å². The van der Waals surface area contributed by atoms with Gasteiger partial charge in [0.15, 0.2) is 0 Å². The maximum Gasteiger partial charge on any atom is 0.254 e. The Morgan fingerprint density at radius 2 is 1.85 bits per heavy atom. The van der Waals surface area contributed by atoms with Gasteiger partial charge in [-0.2, -0.15) is 0 Å². The molecular formula is C16H15ClN2O. The zero-order chi connectivity index (χ0) is 13.9. The zero-order valence-electron chi connectivity index (χ0n) is 11.0. The van der Waals surface area contributed by atoms with Crippen LogP contribution in [0.3, 0.4) is 0 Å². The van der Waals surface area contributed by atoms with Gasteiger partial charge in [0.2, 0.25) is 0 Å².